The molecule has 3 aromatic rings. The number of carbonyl (C=O) groups excluding carboxylic acids is 2. The van der Waals surface area contributed by atoms with Gasteiger partial charge >= 0.3 is 5.97 Å². The molecule has 0 N–H and O–H groups in total. The quantitative estimate of drug-likeness (QED) is 0.615. The Labute approximate surface area is 168 Å². The van der Waals surface area contributed by atoms with Gasteiger partial charge in [-0.15, -0.1) is 0 Å². The summed E-state index contributed by atoms with van der Waals surface area (Å²) in [6.45, 7) is 8.20. The average molecular weight is 397 g/mol. The van der Waals surface area contributed by atoms with Crippen LogP contribution in [0.5, 0.6) is 0 Å². The lowest BCUT2D eigenvalue weighted by atomic mass is 10.1. The molecule has 0 fully saturated rings. The van der Waals surface area contributed by atoms with Gasteiger partial charge in [0.25, 0.3) is 5.91 Å². The standard InChI is InChI=1S/C22H24N2O3S/c1-5-27-21(26)13-24-18-10-15(3)16(4)11-19(18)28-22(24)23-20(25)12-17-8-6-7-14(2)9-17/h6-11H,5,12-13H2,1-4H3. The molecular weight excluding hydrogens is 372 g/mol. The van der Waals surface area contributed by atoms with E-state index in [1.807, 2.05) is 51.1 Å². The molecule has 1 aromatic heterocycles. The number of aromatic nitrogens is 1. The smallest absolute Gasteiger partial charge is 0.326 e. The summed E-state index contributed by atoms with van der Waals surface area (Å²) in [5, 5.41) is 0. The minimum Gasteiger partial charge on any atom is -0.465 e. The predicted molar refractivity (Wildman–Crippen MR) is 111 cm³/mol. The summed E-state index contributed by atoms with van der Waals surface area (Å²) in [5.41, 5.74) is 5.22. The molecule has 0 aliphatic heterocycles. The highest BCUT2D eigenvalue weighted by atomic mass is 32.1. The molecule has 0 saturated carbocycles. The highest BCUT2D eigenvalue weighted by molar-refractivity contribution is 7.16. The molecule has 1 amide bonds. The number of nitrogens with zero attached hydrogens (tertiary/aromatic N) is 2. The molecule has 0 bridgehead atoms. The zero-order chi connectivity index (χ0) is 20.3. The van der Waals surface area contributed by atoms with E-state index in [1.54, 1.807) is 11.5 Å². The van der Waals surface area contributed by atoms with Crippen molar-refractivity contribution in [1.82, 2.24) is 4.57 Å². The van der Waals surface area contributed by atoms with Crippen LogP contribution in [0.25, 0.3) is 10.2 Å². The summed E-state index contributed by atoms with van der Waals surface area (Å²) in [6.07, 6.45) is 0.230. The second-order valence-corrected chi connectivity index (χ2v) is 7.86. The van der Waals surface area contributed by atoms with Gasteiger partial charge < -0.3 is 9.30 Å². The van der Waals surface area contributed by atoms with Gasteiger partial charge in [0.2, 0.25) is 0 Å². The van der Waals surface area contributed by atoms with Gasteiger partial charge in [-0.25, -0.2) is 0 Å². The number of benzene rings is 2. The van der Waals surface area contributed by atoms with Crippen LogP contribution in [-0.2, 0) is 27.3 Å². The molecule has 146 valence electrons. The summed E-state index contributed by atoms with van der Waals surface area (Å²) in [6, 6.07) is 11.9. The number of rotatable bonds is 5. The van der Waals surface area contributed by atoms with E-state index in [0.29, 0.717) is 11.4 Å². The van der Waals surface area contributed by atoms with Gasteiger partial charge in [-0.2, -0.15) is 4.99 Å². The minimum absolute atomic E-state index is 0.0346. The van der Waals surface area contributed by atoms with E-state index in [4.69, 9.17) is 4.74 Å². The van der Waals surface area contributed by atoms with Gasteiger partial charge in [0, 0.05) is 0 Å². The lowest BCUT2D eigenvalue weighted by Crippen LogP contribution is -2.23. The number of thiazole rings is 1. The Balaban J connectivity index is 2.03. The van der Waals surface area contributed by atoms with Gasteiger partial charge in [0.05, 0.1) is 23.2 Å². The zero-order valence-electron chi connectivity index (χ0n) is 16.6. The number of amides is 1. The van der Waals surface area contributed by atoms with Crippen LogP contribution >= 0.6 is 11.3 Å². The van der Waals surface area contributed by atoms with Crippen LogP contribution in [0, 0.1) is 20.8 Å². The Hall–Kier alpha value is -2.73. The van der Waals surface area contributed by atoms with E-state index < -0.39 is 0 Å². The highest BCUT2D eigenvalue weighted by Gasteiger charge is 2.13. The van der Waals surface area contributed by atoms with Crippen molar-refractivity contribution in [2.45, 2.75) is 40.7 Å². The lowest BCUT2D eigenvalue weighted by Gasteiger charge is -2.06. The molecule has 0 atom stereocenters. The monoisotopic (exact) mass is 396 g/mol. The summed E-state index contributed by atoms with van der Waals surface area (Å²) in [5.74, 6) is -0.573. The number of carbonyl (C=O) groups is 2. The Kier molecular flexibility index (Phi) is 6.09. The number of fused-ring (bicyclic) bond motifs is 1. The third kappa shape index (κ3) is 4.57. The SMILES string of the molecule is CCOC(=O)Cn1c(=NC(=O)Cc2cccc(C)c2)sc2cc(C)c(C)cc21. The highest BCUT2D eigenvalue weighted by Crippen LogP contribution is 2.22. The average Bonchev–Trinajstić information content (AvgIpc) is 2.92. The molecule has 0 aliphatic rings. The Morgan fingerprint density at radius 2 is 1.86 bits per heavy atom. The summed E-state index contributed by atoms with van der Waals surface area (Å²) >= 11 is 1.42. The lowest BCUT2D eigenvalue weighted by molar-refractivity contribution is -0.143. The molecule has 0 radical (unpaired) electrons. The molecule has 28 heavy (non-hydrogen) atoms. The van der Waals surface area contributed by atoms with Crippen LogP contribution in [0.1, 0.15) is 29.2 Å². The second-order valence-electron chi connectivity index (χ2n) is 6.85. The van der Waals surface area contributed by atoms with Gasteiger partial charge in [-0.05, 0) is 56.5 Å². The van der Waals surface area contributed by atoms with Crippen LogP contribution in [0.3, 0.4) is 0 Å². The Morgan fingerprint density at radius 1 is 1.11 bits per heavy atom. The second kappa shape index (κ2) is 8.52. The number of aryl methyl sites for hydroxylation is 3. The van der Waals surface area contributed by atoms with E-state index in [2.05, 4.69) is 11.1 Å². The summed E-state index contributed by atoms with van der Waals surface area (Å²) < 4.78 is 7.88. The van der Waals surface area contributed by atoms with E-state index >= 15 is 0 Å². The van der Waals surface area contributed by atoms with E-state index in [0.717, 1.165) is 32.5 Å². The maximum atomic E-state index is 12.6. The first kappa shape index (κ1) is 20.0. The van der Waals surface area contributed by atoms with Crippen LogP contribution in [0.15, 0.2) is 41.4 Å². The van der Waals surface area contributed by atoms with E-state index in [9.17, 15) is 9.59 Å². The van der Waals surface area contributed by atoms with Crippen LogP contribution in [0.2, 0.25) is 0 Å². The van der Waals surface area contributed by atoms with Crippen molar-refractivity contribution < 1.29 is 14.3 Å². The normalized spacial score (nSPS) is 11.8. The number of hydrogen-bond acceptors (Lipinski definition) is 4. The fraction of sp³-hybridized carbons (Fsp3) is 0.318. The van der Waals surface area contributed by atoms with Crippen LogP contribution in [-0.4, -0.2) is 23.1 Å². The van der Waals surface area contributed by atoms with Gasteiger partial charge in [-0.3, -0.25) is 9.59 Å². The largest absolute Gasteiger partial charge is 0.465 e. The van der Waals surface area contributed by atoms with Crippen molar-refractivity contribution in [3.8, 4) is 0 Å². The summed E-state index contributed by atoms with van der Waals surface area (Å²) in [4.78, 5) is 29.5. The predicted octanol–water partition coefficient (Wildman–Crippen LogP) is 3.86. The molecule has 3 rings (SSSR count). The Morgan fingerprint density at radius 3 is 2.57 bits per heavy atom. The van der Waals surface area contributed by atoms with Crippen molar-refractivity contribution in [1.29, 1.82) is 0 Å². The van der Waals surface area contributed by atoms with Crippen molar-refractivity contribution in [3.05, 3.63) is 63.5 Å². The third-order valence-electron chi connectivity index (χ3n) is 4.55. The number of esters is 1. The first-order valence-corrected chi connectivity index (χ1v) is 10.1. The third-order valence-corrected chi connectivity index (χ3v) is 5.59. The first-order valence-electron chi connectivity index (χ1n) is 9.26. The number of ether oxygens (including phenoxy) is 1. The topological polar surface area (TPSA) is 60.7 Å². The minimum atomic E-state index is -0.340. The van der Waals surface area contributed by atoms with Crippen molar-refractivity contribution in [2.24, 2.45) is 4.99 Å². The molecule has 2 aromatic carbocycles. The summed E-state index contributed by atoms with van der Waals surface area (Å²) in [7, 11) is 0. The Bertz CT molecular complexity index is 1110. The molecule has 0 spiro atoms. The zero-order valence-corrected chi connectivity index (χ0v) is 17.4. The van der Waals surface area contributed by atoms with Crippen LogP contribution in [0.4, 0.5) is 0 Å². The van der Waals surface area contributed by atoms with Gasteiger partial charge in [0.15, 0.2) is 4.80 Å². The number of hydrogen-bond donors (Lipinski definition) is 0. The van der Waals surface area contributed by atoms with Crippen molar-refractivity contribution >= 4 is 33.4 Å². The van der Waals surface area contributed by atoms with Crippen LogP contribution < -0.4 is 4.80 Å². The molecule has 1 heterocycles. The maximum absolute atomic E-state index is 12.6. The van der Waals surface area contributed by atoms with E-state index in [1.165, 1.54) is 11.3 Å². The molecule has 0 unspecified atom stereocenters. The molecular formula is C22H24N2O3S. The first-order chi connectivity index (χ1) is 13.4. The maximum Gasteiger partial charge on any atom is 0.326 e. The fourth-order valence-corrected chi connectivity index (χ4v) is 4.16. The van der Waals surface area contributed by atoms with E-state index in [-0.39, 0.29) is 24.8 Å². The van der Waals surface area contributed by atoms with Gasteiger partial charge in [-0.1, -0.05) is 41.2 Å². The molecule has 0 saturated heterocycles. The van der Waals surface area contributed by atoms with Crippen molar-refractivity contribution in [3.63, 3.8) is 0 Å². The molecule has 0 aliphatic carbocycles. The van der Waals surface area contributed by atoms with Gasteiger partial charge in [0.1, 0.15) is 6.54 Å². The van der Waals surface area contributed by atoms with Crippen molar-refractivity contribution in [2.75, 3.05) is 6.61 Å². The molecule has 5 nitrogen and oxygen atoms in total. The molecule has 6 heteroatoms. The fourth-order valence-electron chi connectivity index (χ4n) is 3.04.